The number of nitrogens with one attached hydrogen (secondary N) is 1. The molecule has 1 N–H and O–H groups in total. The summed E-state index contributed by atoms with van der Waals surface area (Å²) in [6.45, 7) is 4.16. The Morgan fingerprint density at radius 1 is 1.67 bits per heavy atom. The monoisotopic (exact) mass is 327 g/mol. The molecule has 2 aromatic rings. The number of anilines is 1. The van der Waals surface area contributed by atoms with Crippen molar-refractivity contribution >= 4 is 39.0 Å². The molecular formula is C12H14BrN3OS. The zero-order valence-corrected chi connectivity index (χ0v) is 12.6. The van der Waals surface area contributed by atoms with Gasteiger partial charge in [-0.3, -0.25) is 4.79 Å². The van der Waals surface area contributed by atoms with Crippen LogP contribution in [0, 0.1) is 0 Å². The number of carbonyl (C=O) groups excluding carboxylic acids is 1. The molecule has 2 aromatic heterocycles. The van der Waals surface area contributed by atoms with Crippen LogP contribution in [0.15, 0.2) is 27.5 Å². The van der Waals surface area contributed by atoms with Crippen molar-refractivity contribution in [3.63, 3.8) is 0 Å². The van der Waals surface area contributed by atoms with E-state index in [1.54, 1.807) is 6.20 Å². The number of thiophene rings is 1. The molecule has 0 aliphatic rings. The first kappa shape index (κ1) is 13.3. The van der Waals surface area contributed by atoms with Crippen LogP contribution in [0.5, 0.6) is 0 Å². The number of aromatic nitrogens is 2. The van der Waals surface area contributed by atoms with Gasteiger partial charge >= 0.3 is 0 Å². The number of hydrogen-bond donors (Lipinski definition) is 1. The maximum atomic E-state index is 12.0. The molecule has 0 saturated carbocycles. The molecule has 1 unspecified atom stereocenters. The van der Waals surface area contributed by atoms with Crippen LogP contribution in [-0.4, -0.2) is 15.7 Å². The summed E-state index contributed by atoms with van der Waals surface area (Å²) in [5.41, 5.74) is 0.656. The van der Waals surface area contributed by atoms with E-state index in [9.17, 15) is 4.79 Å². The minimum absolute atomic E-state index is 0.109. The maximum absolute atomic E-state index is 12.0. The van der Waals surface area contributed by atoms with Crippen LogP contribution in [-0.2, 0) is 0 Å². The summed E-state index contributed by atoms with van der Waals surface area (Å²) < 4.78 is 2.78. The predicted octanol–water partition coefficient (Wildman–Crippen LogP) is 3.93. The number of amides is 1. The van der Waals surface area contributed by atoms with Gasteiger partial charge in [0.05, 0.1) is 21.6 Å². The van der Waals surface area contributed by atoms with Gasteiger partial charge in [-0.15, -0.1) is 11.3 Å². The lowest BCUT2D eigenvalue weighted by Crippen LogP contribution is -2.16. The van der Waals surface area contributed by atoms with Gasteiger partial charge in [0.15, 0.2) is 0 Å². The lowest BCUT2D eigenvalue weighted by atomic mass is 10.2. The number of halogens is 1. The summed E-state index contributed by atoms with van der Waals surface area (Å²) in [5, 5.41) is 8.94. The molecule has 0 aromatic carbocycles. The van der Waals surface area contributed by atoms with E-state index >= 15 is 0 Å². The molecule has 0 radical (unpaired) electrons. The highest BCUT2D eigenvalue weighted by Gasteiger charge is 2.13. The Kier molecular flexibility index (Phi) is 4.19. The normalized spacial score (nSPS) is 12.4. The number of hydrogen-bond acceptors (Lipinski definition) is 3. The van der Waals surface area contributed by atoms with Gasteiger partial charge in [0.2, 0.25) is 0 Å². The molecule has 96 valence electrons. The number of carbonyl (C=O) groups is 1. The van der Waals surface area contributed by atoms with Gasteiger partial charge in [0.1, 0.15) is 5.82 Å². The quantitative estimate of drug-likeness (QED) is 0.924. The fourth-order valence-electron chi connectivity index (χ4n) is 1.56. The van der Waals surface area contributed by atoms with Gasteiger partial charge in [-0.2, -0.15) is 5.10 Å². The SMILES string of the molecule is CCC(C)n1nccc1NC(=O)c1csc(Br)c1. The van der Waals surface area contributed by atoms with Gasteiger partial charge in [0.25, 0.3) is 5.91 Å². The topological polar surface area (TPSA) is 46.9 Å². The largest absolute Gasteiger partial charge is 0.307 e. The first-order valence-electron chi connectivity index (χ1n) is 5.70. The Hall–Kier alpha value is -1.14. The van der Waals surface area contributed by atoms with Crippen LogP contribution in [0.2, 0.25) is 0 Å². The molecule has 0 aliphatic carbocycles. The fourth-order valence-corrected chi connectivity index (χ4v) is 2.69. The Bertz CT molecular complexity index is 549. The molecule has 0 saturated heterocycles. The van der Waals surface area contributed by atoms with Crippen LogP contribution in [0.4, 0.5) is 5.82 Å². The van der Waals surface area contributed by atoms with E-state index in [4.69, 9.17) is 0 Å². The zero-order chi connectivity index (χ0) is 13.1. The van der Waals surface area contributed by atoms with Gasteiger partial charge in [-0.1, -0.05) is 6.92 Å². The summed E-state index contributed by atoms with van der Waals surface area (Å²) >= 11 is 4.84. The van der Waals surface area contributed by atoms with Gasteiger partial charge < -0.3 is 5.32 Å². The van der Waals surface area contributed by atoms with Crippen molar-refractivity contribution in [2.24, 2.45) is 0 Å². The lowest BCUT2D eigenvalue weighted by Gasteiger charge is -2.13. The van der Waals surface area contributed by atoms with E-state index in [0.717, 1.165) is 16.0 Å². The molecular weight excluding hydrogens is 314 g/mol. The molecule has 2 rings (SSSR count). The van der Waals surface area contributed by atoms with Crippen LogP contribution in [0.3, 0.4) is 0 Å². The molecule has 0 spiro atoms. The zero-order valence-electron chi connectivity index (χ0n) is 10.2. The Labute approximate surface area is 118 Å². The van der Waals surface area contributed by atoms with Crippen LogP contribution in [0.25, 0.3) is 0 Å². The minimum atomic E-state index is -0.109. The Morgan fingerprint density at radius 3 is 3.06 bits per heavy atom. The Morgan fingerprint density at radius 2 is 2.44 bits per heavy atom. The van der Waals surface area contributed by atoms with Gasteiger partial charge in [-0.05, 0) is 35.3 Å². The number of rotatable bonds is 4. The van der Waals surface area contributed by atoms with Crippen molar-refractivity contribution in [3.05, 3.63) is 33.1 Å². The van der Waals surface area contributed by atoms with E-state index < -0.39 is 0 Å². The van der Waals surface area contributed by atoms with E-state index in [1.807, 2.05) is 22.2 Å². The summed E-state index contributed by atoms with van der Waals surface area (Å²) in [6, 6.07) is 3.89. The van der Waals surface area contributed by atoms with E-state index in [0.29, 0.717) is 5.56 Å². The summed E-state index contributed by atoms with van der Waals surface area (Å²) in [4.78, 5) is 12.0. The van der Waals surface area contributed by atoms with Crippen LogP contribution in [0.1, 0.15) is 36.7 Å². The molecule has 18 heavy (non-hydrogen) atoms. The minimum Gasteiger partial charge on any atom is -0.307 e. The van der Waals surface area contributed by atoms with Crippen molar-refractivity contribution in [2.45, 2.75) is 26.3 Å². The highest BCUT2D eigenvalue weighted by Crippen LogP contribution is 2.22. The fraction of sp³-hybridized carbons (Fsp3) is 0.333. The second kappa shape index (κ2) is 5.67. The van der Waals surface area contributed by atoms with E-state index in [-0.39, 0.29) is 11.9 Å². The first-order chi connectivity index (χ1) is 8.61. The smallest absolute Gasteiger partial charge is 0.257 e. The molecule has 2 heterocycles. The van der Waals surface area contributed by atoms with Crippen LogP contribution >= 0.6 is 27.3 Å². The third-order valence-electron chi connectivity index (χ3n) is 2.75. The van der Waals surface area contributed by atoms with Crippen molar-refractivity contribution in [2.75, 3.05) is 5.32 Å². The van der Waals surface area contributed by atoms with Crippen molar-refractivity contribution in [1.29, 1.82) is 0 Å². The second-order valence-electron chi connectivity index (χ2n) is 4.01. The van der Waals surface area contributed by atoms with Crippen molar-refractivity contribution in [3.8, 4) is 0 Å². The van der Waals surface area contributed by atoms with Gasteiger partial charge in [0, 0.05) is 11.4 Å². The summed E-state index contributed by atoms with van der Waals surface area (Å²) in [6.07, 6.45) is 2.67. The first-order valence-corrected chi connectivity index (χ1v) is 7.38. The summed E-state index contributed by atoms with van der Waals surface area (Å²) in [7, 11) is 0. The third kappa shape index (κ3) is 2.81. The molecule has 1 atom stereocenters. The maximum Gasteiger partial charge on any atom is 0.257 e. The molecule has 6 heteroatoms. The van der Waals surface area contributed by atoms with Gasteiger partial charge in [-0.25, -0.2) is 4.68 Å². The molecule has 4 nitrogen and oxygen atoms in total. The lowest BCUT2D eigenvalue weighted by molar-refractivity contribution is 0.102. The highest BCUT2D eigenvalue weighted by molar-refractivity contribution is 9.11. The average molecular weight is 328 g/mol. The molecule has 0 aliphatic heterocycles. The standard InChI is InChI=1S/C12H14BrN3OS/c1-3-8(2)16-11(4-5-14-16)15-12(17)9-6-10(13)18-7-9/h4-8H,3H2,1-2H3,(H,15,17). The molecule has 0 bridgehead atoms. The van der Waals surface area contributed by atoms with E-state index in [1.165, 1.54) is 11.3 Å². The third-order valence-corrected chi connectivity index (χ3v) is 4.25. The Balaban J connectivity index is 2.15. The van der Waals surface area contributed by atoms with E-state index in [2.05, 4.69) is 40.2 Å². The average Bonchev–Trinajstić information content (AvgIpc) is 2.97. The van der Waals surface area contributed by atoms with Crippen molar-refractivity contribution in [1.82, 2.24) is 9.78 Å². The summed E-state index contributed by atoms with van der Waals surface area (Å²) in [5.74, 6) is 0.624. The second-order valence-corrected chi connectivity index (χ2v) is 6.30. The highest BCUT2D eigenvalue weighted by atomic mass is 79.9. The molecule has 1 amide bonds. The number of nitrogens with zero attached hydrogens (tertiary/aromatic N) is 2. The predicted molar refractivity (Wildman–Crippen MR) is 77.2 cm³/mol. The van der Waals surface area contributed by atoms with Crippen molar-refractivity contribution < 1.29 is 4.79 Å². The van der Waals surface area contributed by atoms with Crippen LogP contribution < -0.4 is 5.32 Å². The molecule has 0 fully saturated rings.